The predicted molar refractivity (Wildman–Crippen MR) is 120 cm³/mol. The van der Waals surface area contributed by atoms with Crippen molar-refractivity contribution in [1.82, 2.24) is 0 Å². The van der Waals surface area contributed by atoms with Crippen LogP contribution < -0.4 is 0 Å². The molecule has 24 heavy (non-hydrogen) atoms. The van der Waals surface area contributed by atoms with Gasteiger partial charge in [0.2, 0.25) is 0 Å². The van der Waals surface area contributed by atoms with Gasteiger partial charge in [0.25, 0.3) is 0 Å². The number of hydrogen-bond donors (Lipinski definition) is 0. The molecule has 0 radical (unpaired) electrons. The van der Waals surface area contributed by atoms with Gasteiger partial charge in [0.15, 0.2) is 0 Å². The van der Waals surface area contributed by atoms with Gasteiger partial charge in [-0.05, 0) is 91.6 Å². The van der Waals surface area contributed by atoms with E-state index >= 15 is 0 Å². The molecule has 0 spiro atoms. The third-order valence-electron chi connectivity index (χ3n) is 3.99. The van der Waals surface area contributed by atoms with Crippen molar-refractivity contribution in [2.75, 3.05) is 0 Å². The van der Waals surface area contributed by atoms with Crippen molar-refractivity contribution >= 4 is 54.5 Å². The number of aryl methyl sites for hydroxylation is 2. The summed E-state index contributed by atoms with van der Waals surface area (Å²) in [5.41, 5.74) is 2.97. The highest BCUT2D eigenvalue weighted by molar-refractivity contribution is 9.11. The summed E-state index contributed by atoms with van der Waals surface area (Å²) in [6, 6.07) is 4.45. The smallest absolute Gasteiger partial charge is 0.0730 e. The van der Waals surface area contributed by atoms with Gasteiger partial charge in [0.1, 0.15) is 0 Å². The van der Waals surface area contributed by atoms with E-state index in [1.807, 2.05) is 0 Å². The highest BCUT2D eigenvalue weighted by atomic mass is 79.9. The Labute approximate surface area is 173 Å². The monoisotopic (exact) mass is 492 g/mol. The highest BCUT2D eigenvalue weighted by Gasteiger charge is 2.00. The van der Waals surface area contributed by atoms with Gasteiger partial charge >= 0.3 is 0 Å². The van der Waals surface area contributed by atoms with E-state index in [1.54, 1.807) is 22.7 Å². The molecule has 0 saturated heterocycles. The Balaban J connectivity index is 0.000000240. The zero-order valence-electron chi connectivity index (χ0n) is 15.0. The Kier molecular flexibility index (Phi) is 13.6. The summed E-state index contributed by atoms with van der Waals surface area (Å²) < 4.78 is 2.64. The average molecular weight is 494 g/mol. The molecular weight excluding hydrogens is 464 g/mol. The van der Waals surface area contributed by atoms with Crippen molar-refractivity contribution in [3.8, 4) is 0 Å². The molecule has 0 amide bonds. The van der Waals surface area contributed by atoms with Crippen LogP contribution in [0.15, 0.2) is 30.5 Å². The van der Waals surface area contributed by atoms with Crippen LogP contribution in [0.25, 0.3) is 0 Å². The SMILES string of the molecule is CCCCCCc1ccsc1Br.CCCCCCc1ccsc1Br. The fourth-order valence-corrected chi connectivity index (χ4v) is 5.14. The minimum absolute atomic E-state index is 1.24. The van der Waals surface area contributed by atoms with Crippen LogP contribution in [-0.2, 0) is 12.8 Å². The molecular formula is C20H30Br2S2. The highest BCUT2D eigenvalue weighted by Crippen LogP contribution is 2.25. The van der Waals surface area contributed by atoms with E-state index in [9.17, 15) is 0 Å². The topological polar surface area (TPSA) is 0 Å². The summed E-state index contributed by atoms with van der Waals surface area (Å²) in [6.07, 6.45) is 13.3. The summed E-state index contributed by atoms with van der Waals surface area (Å²) in [5, 5.41) is 4.30. The summed E-state index contributed by atoms with van der Waals surface area (Å²) in [6.45, 7) is 4.50. The van der Waals surface area contributed by atoms with E-state index in [0.717, 1.165) is 0 Å². The lowest BCUT2D eigenvalue weighted by atomic mass is 10.1. The first-order chi connectivity index (χ1) is 11.7. The molecule has 0 atom stereocenters. The van der Waals surface area contributed by atoms with Gasteiger partial charge in [0, 0.05) is 0 Å². The third-order valence-corrected chi connectivity index (χ3v) is 7.61. The van der Waals surface area contributed by atoms with Crippen molar-refractivity contribution in [3.05, 3.63) is 41.6 Å². The first-order valence-corrected chi connectivity index (χ1v) is 12.5. The molecule has 0 N–H and O–H groups in total. The molecule has 0 aliphatic carbocycles. The standard InChI is InChI=1S/2C10H15BrS/c2*1-2-3-4-5-6-9-7-8-12-10(9)11/h2*7-8H,2-6H2,1H3. The summed E-state index contributed by atoms with van der Waals surface area (Å²) in [5.74, 6) is 0. The molecule has 0 fully saturated rings. The van der Waals surface area contributed by atoms with Gasteiger partial charge in [0.05, 0.1) is 7.57 Å². The van der Waals surface area contributed by atoms with Crippen molar-refractivity contribution in [2.24, 2.45) is 0 Å². The molecule has 0 aliphatic heterocycles. The van der Waals surface area contributed by atoms with Crippen LogP contribution in [0.2, 0.25) is 0 Å². The second-order valence-electron chi connectivity index (χ2n) is 6.06. The van der Waals surface area contributed by atoms with Gasteiger partial charge in [-0.15, -0.1) is 22.7 Å². The van der Waals surface area contributed by atoms with Crippen molar-refractivity contribution < 1.29 is 0 Å². The van der Waals surface area contributed by atoms with Crippen molar-refractivity contribution in [3.63, 3.8) is 0 Å². The molecule has 0 aromatic carbocycles. The van der Waals surface area contributed by atoms with Gasteiger partial charge in [-0.1, -0.05) is 52.4 Å². The van der Waals surface area contributed by atoms with Crippen LogP contribution in [0.4, 0.5) is 0 Å². The first-order valence-electron chi connectivity index (χ1n) is 9.12. The average Bonchev–Trinajstić information content (AvgIpc) is 3.18. The molecule has 0 bridgehead atoms. The fourth-order valence-electron chi connectivity index (χ4n) is 2.48. The molecule has 2 heterocycles. The van der Waals surface area contributed by atoms with Crippen LogP contribution in [0.1, 0.15) is 76.3 Å². The summed E-state index contributed by atoms with van der Waals surface area (Å²) >= 11 is 10.7. The predicted octanol–water partition coefficient (Wildman–Crippen LogP) is 9.27. The Hall–Kier alpha value is 0.360. The Morgan fingerprint density at radius 3 is 1.38 bits per heavy atom. The van der Waals surface area contributed by atoms with Crippen LogP contribution >= 0.6 is 54.5 Å². The van der Waals surface area contributed by atoms with E-state index in [1.165, 1.54) is 82.9 Å². The fraction of sp³-hybridized carbons (Fsp3) is 0.600. The molecule has 2 aromatic heterocycles. The van der Waals surface area contributed by atoms with Crippen LogP contribution in [0.3, 0.4) is 0 Å². The summed E-state index contributed by atoms with van der Waals surface area (Å²) in [4.78, 5) is 0. The van der Waals surface area contributed by atoms with Crippen LogP contribution in [0, 0.1) is 0 Å². The quantitative estimate of drug-likeness (QED) is 0.289. The lowest BCUT2D eigenvalue weighted by Crippen LogP contribution is -1.83. The second-order valence-corrected chi connectivity index (χ2v) is 10.5. The Morgan fingerprint density at radius 1 is 0.667 bits per heavy atom. The minimum Gasteiger partial charge on any atom is -0.137 e. The molecule has 0 saturated carbocycles. The van der Waals surface area contributed by atoms with E-state index in [4.69, 9.17) is 0 Å². The molecule has 2 aromatic rings. The number of unbranched alkanes of at least 4 members (excludes halogenated alkanes) is 6. The number of thiophene rings is 2. The third kappa shape index (κ3) is 9.74. The molecule has 2 rings (SSSR count). The van der Waals surface area contributed by atoms with Crippen LogP contribution in [0.5, 0.6) is 0 Å². The maximum Gasteiger partial charge on any atom is 0.0730 e. The normalized spacial score (nSPS) is 10.5. The second kappa shape index (κ2) is 14.5. The van der Waals surface area contributed by atoms with Gasteiger partial charge in [-0.3, -0.25) is 0 Å². The van der Waals surface area contributed by atoms with E-state index in [-0.39, 0.29) is 0 Å². The number of halogens is 2. The van der Waals surface area contributed by atoms with Gasteiger partial charge in [-0.25, -0.2) is 0 Å². The van der Waals surface area contributed by atoms with E-state index in [0.29, 0.717) is 0 Å². The maximum absolute atomic E-state index is 3.55. The van der Waals surface area contributed by atoms with Crippen LogP contribution in [-0.4, -0.2) is 0 Å². The van der Waals surface area contributed by atoms with E-state index < -0.39 is 0 Å². The lowest BCUT2D eigenvalue weighted by molar-refractivity contribution is 0.667. The number of rotatable bonds is 10. The minimum atomic E-state index is 1.24. The van der Waals surface area contributed by atoms with E-state index in [2.05, 4.69) is 68.6 Å². The lowest BCUT2D eigenvalue weighted by Gasteiger charge is -1.98. The van der Waals surface area contributed by atoms with Crippen molar-refractivity contribution in [1.29, 1.82) is 0 Å². The Morgan fingerprint density at radius 2 is 1.08 bits per heavy atom. The van der Waals surface area contributed by atoms with Gasteiger partial charge in [-0.2, -0.15) is 0 Å². The molecule has 0 nitrogen and oxygen atoms in total. The maximum atomic E-state index is 3.55. The molecule has 0 unspecified atom stereocenters. The Bertz CT molecular complexity index is 483. The molecule has 136 valence electrons. The van der Waals surface area contributed by atoms with Gasteiger partial charge < -0.3 is 0 Å². The van der Waals surface area contributed by atoms with Crippen molar-refractivity contribution in [2.45, 2.75) is 78.1 Å². The zero-order valence-corrected chi connectivity index (χ0v) is 19.8. The summed E-state index contributed by atoms with van der Waals surface area (Å²) in [7, 11) is 0. The molecule has 0 aliphatic rings. The largest absolute Gasteiger partial charge is 0.137 e. The zero-order chi connectivity index (χ0) is 17.6. The first kappa shape index (κ1) is 22.4. The molecule has 4 heteroatoms. The number of hydrogen-bond acceptors (Lipinski definition) is 2.